The summed E-state index contributed by atoms with van der Waals surface area (Å²) in [6, 6.07) is -0.784. The van der Waals surface area contributed by atoms with Crippen molar-refractivity contribution in [3.8, 4) is 0 Å². The van der Waals surface area contributed by atoms with Crippen LogP contribution in [-0.4, -0.2) is 17.8 Å². The van der Waals surface area contributed by atoms with Crippen LogP contribution in [0.4, 0.5) is 4.79 Å². The quantitative estimate of drug-likeness (QED) is 0.440. The first kappa shape index (κ1) is 9.44. The van der Waals surface area contributed by atoms with Crippen molar-refractivity contribution in [2.75, 3.05) is 0 Å². The van der Waals surface area contributed by atoms with Crippen LogP contribution in [0.3, 0.4) is 0 Å². The van der Waals surface area contributed by atoms with E-state index in [2.05, 4.69) is 6.58 Å². The van der Waals surface area contributed by atoms with Crippen molar-refractivity contribution in [2.45, 2.75) is 13.8 Å². The van der Waals surface area contributed by atoms with Gasteiger partial charge in [0.2, 0.25) is 11.8 Å². The molecule has 0 aromatic carbocycles. The van der Waals surface area contributed by atoms with E-state index < -0.39 is 23.3 Å². The smallest absolute Gasteiger partial charge is 0.277 e. The zero-order valence-corrected chi connectivity index (χ0v) is 7.43. The summed E-state index contributed by atoms with van der Waals surface area (Å²) >= 11 is 0. The van der Waals surface area contributed by atoms with E-state index in [0.717, 1.165) is 0 Å². The van der Waals surface area contributed by atoms with Gasteiger partial charge < -0.3 is 0 Å². The van der Waals surface area contributed by atoms with Crippen molar-refractivity contribution in [2.24, 2.45) is 5.41 Å². The van der Waals surface area contributed by atoms with Gasteiger partial charge in [-0.05, 0) is 13.8 Å². The first-order valence-electron chi connectivity index (χ1n) is 3.72. The number of imide groups is 2. The number of carbonyl (C=O) groups excluding carboxylic acids is 3. The van der Waals surface area contributed by atoms with Crippen molar-refractivity contribution < 1.29 is 14.4 Å². The lowest BCUT2D eigenvalue weighted by atomic mass is 9.81. The molecule has 0 unspecified atom stereocenters. The normalized spacial score (nSPS) is 20.6. The molecule has 0 radical (unpaired) electrons. The molecule has 1 fully saturated rings. The number of hydrogen-bond acceptors (Lipinski definition) is 3. The first-order chi connectivity index (χ1) is 5.89. The third kappa shape index (κ3) is 1.22. The maximum Gasteiger partial charge on any atom is 0.328 e. The Bertz CT molecular complexity index is 299. The number of carbonyl (C=O) groups is 3. The van der Waals surface area contributed by atoms with E-state index in [4.69, 9.17) is 0 Å². The highest BCUT2D eigenvalue weighted by molar-refractivity contribution is 6.20. The Morgan fingerprint density at radius 1 is 1.23 bits per heavy atom. The van der Waals surface area contributed by atoms with Crippen LogP contribution in [0.15, 0.2) is 12.2 Å². The molecule has 5 heteroatoms. The van der Waals surface area contributed by atoms with E-state index in [9.17, 15) is 14.4 Å². The second-order valence-electron chi connectivity index (χ2n) is 3.14. The molecule has 1 aliphatic rings. The number of rotatable bonds is 1. The van der Waals surface area contributed by atoms with Gasteiger partial charge in [-0.1, -0.05) is 12.2 Å². The van der Waals surface area contributed by atoms with Crippen LogP contribution in [0.25, 0.3) is 0 Å². The lowest BCUT2D eigenvalue weighted by molar-refractivity contribution is -0.140. The van der Waals surface area contributed by atoms with Crippen LogP contribution in [0, 0.1) is 5.41 Å². The number of nitrogens with one attached hydrogen (secondary N) is 2. The van der Waals surface area contributed by atoms with E-state index >= 15 is 0 Å². The maximum absolute atomic E-state index is 11.3. The molecule has 1 saturated heterocycles. The Morgan fingerprint density at radius 2 is 1.62 bits per heavy atom. The minimum atomic E-state index is -1.34. The van der Waals surface area contributed by atoms with E-state index in [0.29, 0.717) is 5.57 Å². The van der Waals surface area contributed by atoms with Crippen molar-refractivity contribution in [1.29, 1.82) is 0 Å². The largest absolute Gasteiger partial charge is 0.328 e. The summed E-state index contributed by atoms with van der Waals surface area (Å²) < 4.78 is 0. The van der Waals surface area contributed by atoms with Crippen LogP contribution in [0.5, 0.6) is 0 Å². The molecule has 0 spiro atoms. The summed E-state index contributed by atoms with van der Waals surface area (Å²) in [5, 5.41) is 4.02. The fourth-order valence-electron chi connectivity index (χ4n) is 0.978. The number of urea groups is 1. The molecule has 5 nitrogen and oxygen atoms in total. The summed E-state index contributed by atoms with van der Waals surface area (Å²) in [6.45, 7) is 6.53. The van der Waals surface area contributed by atoms with E-state index in [-0.39, 0.29) is 0 Å². The van der Waals surface area contributed by atoms with Gasteiger partial charge in [-0.2, -0.15) is 0 Å². The highest BCUT2D eigenvalue weighted by Gasteiger charge is 2.46. The van der Waals surface area contributed by atoms with E-state index in [1.807, 2.05) is 10.6 Å². The summed E-state index contributed by atoms with van der Waals surface area (Å²) in [4.78, 5) is 33.4. The van der Waals surface area contributed by atoms with Gasteiger partial charge in [0.15, 0.2) is 0 Å². The van der Waals surface area contributed by atoms with Gasteiger partial charge in [-0.3, -0.25) is 20.2 Å². The standard InChI is InChI=1S/C8H10N2O3/c1-4(2)8(3)5(11)9-7(13)10-6(8)12/h1H2,2-3H3,(H2,9,10,11,12,13). The molecule has 70 valence electrons. The van der Waals surface area contributed by atoms with Crippen molar-refractivity contribution in [3.05, 3.63) is 12.2 Å². The van der Waals surface area contributed by atoms with Crippen LogP contribution in [-0.2, 0) is 9.59 Å². The second-order valence-corrected chi connectivity index (χ2v) is 3.14. The molecule has 2 N–H and O–H groups in total. The molecular weight excluding hydrogens is 172 g/mol. The molecule has 4 amide bonds. The Labute approximate surface area is 75.2 Å². The van der Waals surface area contributed by atoms with Crippen molar-refractivity contribution in [3.63, 3.8) is 0 Å². The van der Waals surface area contributed by atoms with Gasteiger partial charge in [0.25, 0.3) is 0 Å². The fraction of sp³-hybridized carbons (Fsp3) is 0.375. The van der Waals surface area contributed by atoms with E-state index in [1.54, 1.807) is 6.92 Å². The van der Waals surface area contributed by atoms with Crippen LogP contribution in [0.1, 0.15) is 13.8 Å². The molecule has 0 atom stereocenters. The third-order valence-electron chi connectivity index (χ3n) is 2.22. The van der Waals surface area contributed by atoms with Gasteiger partial charge in [0, 0.05) is 0 Å². The molecule has 1 rings (SSSR count). The molecular formula is C8H10N2O3. The third-order valence-corrected chi connectivity index (χ3v) is 2.22. The molecule has 0 aromatic rings. The van der Waals surface area contributed by atoms with Crippen LogP contribution >= 0.6 is 0 Å². The Kier molecular flexibility index (Phi) is 1.95. The van der Waals surface area contributed by atoms with Crippen molar-refractivity contribution in [1.82, 2.24) is 10.6 Å². The lowest BCUT2D eigenvalue weighted by Crippen LogP contribution is -2.61. The molecule has 0 bridgehead atoms. The first-order valence-corrected chi connectivity index (χ1v) is 3.72. The predicted octanol–water partition coefficient (Wildman–Crippen LogP) is -0.0652. The van der Waals surface area contributed by atoms with Crippen molar-refractivity contribution >= 4 is 17.8 Å². The lowest BCUT2D eigenvalue weighted by Gasteiger charge is -2.30. The number of hydrogen-bond donors (Lipinski definition) is 2. The molecule has 0 aliphatic carbocycles. The number of barbiturate groups is 1. The molecule has 13 heavy (non-hydrogen) atoms. The molecule has 1 heterocycles. The Balaban J connectivity index is 3.10. The summed E-state index contributed by atoms with van der Waals surface area (Å²) in [6.07, 6.45) is 0. The summed E-state index contributed by atoms with van der Waals surface area (Å²) in [5.74, 6) is -1.26. The SMILES string of the molecule is C=C(C)C1(C)C(=O)NC(=O)NC1=O. The minimum Gasteiger partial charge on any atom is -0.277 e. The number of amides is 4. The second kappa shape index (κ2) is 2.69. The summed E-state index contributed by atoms with van der Waals surface area (Å²) in [7, 11) is 0. The topological polar surface area (TPSA) is 75.3 Å². The zero-order valence-electron chi connectivity index (χ0n) is 7.43. The van der Waals surface area contributed by atoms with Gasteiger partial charge in [0.1, 0.15) is 5.41 Å². The highest BCUT2D eigenvalue weighted by atomic mass is 16.2. The van der Waals surface area contributed by atoms with Gasteiger partial charge in [-0.25, -0.2) is 4.79 Å². The van der Waals surface area contributed by atoms with Gasteiger partial charge in [-0.15, -0.1) is 0 Å². The van der Waals surface area contributed by atoms with Crippen LogP contribution in [0.2, 0.25) is 0 Å². The predicted molar refractivity (Wildman–Crippen MR) is 44.6 cm³/mol. The molecule has 0 aromatic heterocycles. The molecule has 1 aliphatic heterocycles. The molecule has 0 saturated carbocycles. The maximum atomic E-state index is 11.3. The average Bonchev–Trinajstić information content (AvgIpc) is 1.99. The van der Waals surface area contributed by atoms with Gasteiger partial charge >= 0.3 is 6.03 Å². The van der Waals surface area contributed by atoms with E-state index in [1.165, 1.54) is 6.92 Å². The zero-order chi connectivity index (χ0) is 10.2. The van der Waals surface area contributed by atoms with Crippen LogP contribution < -0.4 is 10.6 Å². The summed E-state index contributed by atoms with van der Waals surface area (Å²) in [5.41, 5.74) is -0.941. The highest BCUT2D eigenvalue weighted by Crippen LogP contribution is 2.27. The Morgan fingerprint density at radius 3 is 1.92 bits per heavy atom. The fourth-order valence-corrected chi connectivity index (χ4v) is 0.978. The van der Waals surface area contributed by atoms with Gasteiger partial charge in [0.05, 0.1) is 0 Å². The Hall–Kier alpha value is -1.65. The monoisotopic (exact) mass is 182 g/mol. The minimum absolute atomic E-state index is 0.398. The average molecular weight is 182 g/mol.